The molecule has 0 aliphatic carbocycles. The highest BCUT2D eigenvalue weighted by Gasteiger charge is 2.21. The molecule has 0 radical (unpaired) electrons. The van der Waals surface area contributed by atoms with Crippen molar-refractivity contribution in [3.8, 4) is 0 Å². The zero-order chi connectivity index (χ0) is 19.1. The summed E-state index contributed by atoms with van der Waals surface area (Å²) in [6.45, 7) is 0.617. The molecule has 3 amide bonds. The molecule has 27 heavy (non-hydrogen) atoms. The van der Waals surface area contributed by atoms with Crippen LogP contribution in [0.5, 0.6) is 0 Å². The van der Waals surface area contributed by atoms with Gasteiger partial charge in [-0.05, 0) is 42.3 Å². The summed E-state index contributed by atoms with van der Waals surface area (Å²) in [7, 11) is 0. The first-order valence-corrected chi connectivity index (χ1v) is 8.68. The molecule has 1 aromatic carbocycles. The summed E-state index contributed by atoms with van der Waals surface area (Å²) in [4.78, 5) is 41.0. The first kappa shape index (κ1) is 18.3. The van der Waals surface area contributed by atoms with Crippen LogP contribution in [-0.2, 0) is 14.4 Å². The van der Waals surface area contributed by atoms with Crippen LogP contribution in [0.15, 0.2) is 54.9 Å². The summed E-state index contributed by atoms with van der Waals surface area (Å²) in [6, 6.07) is 10.8. The number of amides is 3. The van der Waals surface area contributed by atoms with E-state index in [1.165, 1.54) is 12.3 Å². The van der Waals surface area contributed by atoms with Gasteiger partial charge in [-0.3, -0.25) is 19.4 Å². The van der Waals surface area contributed by atoms with E-state index in [1.807, 2.05) is 24.3 Å². The number of benzene rings is 1. The molecule has 138 valence electrons. The third kappa shape index (κ3) is 5.24. The van der Waals surface area contributed by atoms with Gasteiger partial charge in [0.05, 0.1) is 18.4 Å². The minimum atomic E-state index is -0.366. The molecule has 0 bridgehead atoms. The second kappa shape index (κ2) is 8.75. The van der Waals surface area contributed by atoms with Gasteiger partial charge >= 0.3 is 0 Å². The fourth-order valence-corrected chi connectivity index (χ4v) is 2.73. The third-order valence-electron chi connectivity index (χ3n) is 4.07. The van der Waals surface area contributed by atoms with Crippen molar-refractivity contribution in [1.29, 1.82) is 0 Å². The van der Waals surface area contributed by atoms with Crippen LogP contribution in [0.2, 0.25) is 0 Å². The monoisotopic (exact) mass is 364 g/mol. The van der Waals surface area contributed by atoms with Gasteiger partial charge < -0.3 is 15.5 Å². The second-order valence-electron chi connectivity index (χ2n) is 6.08. The average molecular weight is 364 g/mol. The molecular weight excluding hydrogens is 344 g/mol. The first-order chi connectivity index (χ1) is 13.1. The van der Waals surface area contributed by atoms with Gasteiger partial charge in [0, 0.05) is 30.9 Å². The maximum atomic E-state index is 11.8. The second-order valence-corrected chi connectivity index (χ2v) is 6.08. The minimum Gasteiger partial charge on any atom is -0.343 e. The van der Waals surface area contributed by atoms with Gasteiger partial charge in [-0.15, -0.1) is 0 Å². The molecule has 0 unspecified atom stereocenters. The van der Waals surface area contributed by atoms with Gasteiger partial charge in [0.1, 0.15) is 0 Å². The largest absolute Gasteiger partial charge is 0.343 e. The smallest absolute Gasteiger partial charge is 0.244 e. The lowest BCUT2D eigenvalue weighted by molar-refractivity contribution is -0.121. The molecule has 1 aliphatic heterocycles. The number of nitrogens with zero attached hydrogens (tertiary/aromatic N) is 2. The standard InChI is InChI=1S/C20H20N4O3/c25-18(22-14-19(26)23-16-3-1-11-21-13-16)10-7-15-5-8-17(9-6-15)24-12-2-4-20(24)27/h1,3,5-11,13H,2,4,12,14H2,(H,22,25)(H,23,26). The highest BCUT2D eigenvalue weighted by Crippen LogP contribution is 2.21. The molecule has 1 saturated heterocycles. The molecule has 1 aromatic heterocycles. The van der Waals surface area contributed by atoms with Crippen molar-refractivity contribution < 1.29 is 14.4 Å². The predicted octanol–water partition coefficient (Wildman–Crippen LogP) is 1.98. The normalized spacial score (nSPS) is 13.8. The highest BCUT2D eigenvalue weighted by molar-refractivity contribution is 5.98. The van der Waals surface area contributed by atoms with Crippen molar-refractivity contribution >= 4 is 35.2 Å². The van der Waals surface area contributed by atoms with Crippen LogP contribution >= 0.6 is 0 Å². The number of carbonyl (C=O) groups excluding carboxylic acids is 3. The summed E-state index contributed by atoms with van der Waals surface area (Å²) < 4.78 is 0. The van der Waals surface area contributed by atoms with Crippen LogP contribution < -0.4 is 15.5 Å². The van der Waals surface area contributed by atoms with Crippen LogP contribution in [0.1, 0.15) is 18.4 Å². The van der Waals surface area contributed by atoms with Crippen molar-refractivity contribution in [2.75, 3.05) is 23.3 Å². The van der Waals surface area contributed by atoms with Crippen LogP contribution in [0.25, 0.3) is 6.08 Å². The molecule has 0 spiro atoms. The summed E-state index contributed by atoms with van der Waals surface area (Å²) in [5, 5.41) is 5.16. The minimum absolute atomic E-state index is 0.131. The van der Waals surface area contributed by atoms with E-state index in [-0.39, 0.29) is 24.3 Å². The lowest BCUT2D eigenvalue weighted by Gasteiger charge is -2.15. The highest BCUT2D eigenvalue weighted by atomic mass is 16.2. The van der Waals surface area contributed by atoms with E-state index in [0.29, 0.717) is 12.1 Å². The number of anilines is 2. The molecule has 2 heterocycles. The van der Waals surface area contributed by atoms with Gasteiger partial charge in [0.2, 0.25) is 17.7 Å². The molecule has 1 fully saturated rings. The molecule has 7 heteroatoms. The van der Waals surface area contributed by atoms with Gasteiger partial charge in [-0.25, -0.2) is 0 Å². The zero-order valence-electron chi connectivity index (χ0n) is 14.7. The average Bonchev–Trinajstić information content (AvgIpc) is 3.12. The fraction of sp³-hybridized carbons (Fsp3) is 0.200. The Morgan fingerprint density at radius 1 is 1.19 bits per heavy atom. The Hall–Kier alpha value is -3.48. The Morgan fingerprint density at radius 2 is 2.00 bits per heavy atom. The van der Waals surface area contributed by atoms with Gasteiger partial charge in [-0.2, -0.15) is 0 Å². The Balaban J connectivity index is 1.46. The van der Waals surface area contributed by atoms with Crippen molar-refractivity contribution in [2.24, 2.45) is 0 Å². The lowest BCUT2D eigenvalue weighted by atomic mass is 10.2. The van der Waals surface area contributed by atoms with Crippen molar-refractivity contribution in [3.63, 3.8) is 0 Å². The number of hydrogen-bond acceptors (Lipinski definition) is 4. The van der Waals surface area contributed by atoms with E-state index in [9.17, 15) is 14.4 Å². The van der Waals surface area contributed by atoms with E-state index in [0.717, 1.165) is 24.2 Å². The molecule has 2 aromatic rings. The molecular formula is C20H20N4O3. The number of pyridine rings is 1. The quantitative estimate of drug-likeness (QED) is 0.767. The summed E-state index contributed by atoms with van der Waals surface area (Å²) in [5.74, 6) is -0.554. The maximum absolute atomic E-state index is 11.8. The summed E-state index contributed by atoms with van der Waals surface area (Å²) in [5.41, 5.74) is 2.27. The molecule has 7 nitrogen and oxygen atoms in total. The Morgan fingerprint density at radius 3 is 2.67 bits per heavy atom. The number of rotatable bonds is 6. The fourth-order valence-electron chi connectivity index (χ4n) is 2.73. The lowest BCUT2D eigenvalue weighted by Crippen LogP contribution is -2.31. The maximum Gasteiger partial charge on any atom is 0.244 e. The van der Waals surface area contributed by atoms with Crippen molar-refractivity contribution in [3.05, 3.63) is 60.4 Å². The van der Waals surface area contributed by atoms with Gasteiger partial charge in [0.25, 0.3) is 0 Å². The Bertz CT molecular complexity index is 847. The van der Waals surface area contributed by atoms with Gasteiger partial charge in [-0.1, -0.05) is 12.1 Å². The van der Waals surface area contributed by atoms with E-state index in [2.05, 4.69) is 15.6 Å². The number of carbonyl (C=O) groups is 3. The molecule has 3 rings (SSSR count). The van der Waals surface area contributed by atoms with Crippen LogP contribution in [-0.4, -0.2) is 35.8 Å². The zero-order valence-corrected chi connectivity index (χ0v) is 14.7. The molecule has 0 saturated carbocycles. The van der Waals surface area contributed by atoms with Gasteiger partial charge in [0.15, 0.2) is 0 Å². The Kier molecular flexibility index (Phi) is 5.94. The molecule has 1 aliphatic rings. The third-order valence-corrected chi connectivity index (χ3v) is 4.07. The first-order valence-electron chi connectivity index (χ1n) is 8.68. The Labute approximate surface area is 157 Å². The van der Waals surface area contributed by atoms with Crippen molar-refractivity contribution in [2.45, 2.75) is 12.8 Å². The van der Waals surface area contributed by atoms with Crippen LogP contribution in [0.4, 0.5) is 11.4 Å². The van der Waals surface area contributed by atoms with Crippen molar-refractivity contribution in [1.82, 2.24) is 10.3 Å². The van der Waals surface area contributed by atoms with Crippen LogP contribution in [0.3, 0.4) is 0 Å². The van der Waals surface area contributed by atoms with Crippen LogP contribution in [0, 0.1) is 0 Å². The predicted molar refractivity (Wildman–Crippen MR) is 103 cm³/mol. The topological polar surface area (TPSA) is 91.4 Å². The SMILES string of the molecule is O=C(C=Cc1ccc(N2CCCC2=O)cc1)NCC(=O)Nc1cccnc1. The van der Waals surface area contributed by atoms with E-state index < -0.39 is 0 Å². The number of aromatic nitrogens is 1. The summed E-state index contributed by atoms with van der Waals surface area (Å²) in [6.07, 6.45) is 7.64. The van der Waals surface area contributed by atoms with E-state index in [1.54, 1.807) is 29.3 Å². The molecule has 0 atom stereocenters. The molecule has 2 N–H and O–H groups in total. The van der Waals surface area contributed by atoms with E-state index in [4.69, 9.17) is 0 Å². The number of nitrogens with one attached hydrogen (secondary N) is 2. The van der Waals surface area contributed by atoms with E-state index >= 15 is 0 Å². The summed E-state index contributed by atoms with van der Waals surface area (Å²) >= 11 is 0. The number of hydrogen-bond donors (Lipinski definition) is 2.